The fourth-order valence-electron chi connectivity index (χ4n) is 2.83. The number of nitrogen functional groups attached to an aromatic ring is 1. The Labute approximate surface area is 137 Å². The summed E-state index contributed by atoms with van der Waals surface area (Å²) in [6.07, 6.45) is 0. The van der Waals surface area contributed by atoms with E-state index in [2.05, 4.69) is 5.32 Å². The predicted molar refractivity (Wildman–Crippen MR) is 94.2 cm³/mol. The Bertz CT molecular complexity index is 663. The SMILES string of the molecule is CC(C)(C)C(C(=O)O)[C@@H](Nc1ccccc1N)c1ccccc1. The number of nitrogens with two attached hydrogens (primary N) is 1. The molecule has 0 heterocycles. The number of rotatable bonds is 5. The van der Waals surface area contributed by atoms with E-state index in [0.717, 1.165) is 11.3 Å². The van der Waals surface area contributed by atoms with Crippen molar-refractivity contribution < 1.29 is 9.90 Å². The molecule has 0 amide bonds. The number of carbonyl (C=O) groups is 1. The number of benzene rings is 2. The van der Waals surface area contributed by atoms with Crippen LogP contribution in [0.5, 0.6) is 0 Å². The van der Waals surface area contributed by atoms with Gasteiger partial charge in [-0.3, -0.25) is 4.79 Å². The van der Waals surface area contributed by atoms with Gasteiger partial charge in [-0.2, -0.15) is 0 Å². The minimum Gasteiger partial charge on any atom is -0.481 e. The highest BCUT2D eigenvalue weighted by Gasteiger charge is 2.39. The standard InChI is InChI=1S/C19H24N2O2/c1-19(2,3)16(18(22)23)17(13-9-5-4-6-10-13)21-15-12-8-7-11-14(15)20/h4-12,16-17,21H,20H2,1-3H3,(H,22,23)/t16?,17-/m0/s1. The average Bonchev–Trinajstić information content (AvgIpc) is 2.48. The van der Waals surface area contributed by atoms with E-state index in [-0.39, 0.29) is 6.04 Å². The van der Waals surface area contributed by atoms with E-state index in [9.17, 15) is 9.90 Å². The first-order valence-electron chi connectivity index (χ1n) is 7.69. The van der Waals surface area contributed by atoms with E-state index in [1.54, 1.807) is 6.07 Å². The van der Waals surface area contributed by atoms with Crippen LogP contribution in [0.1, 0.15) is 32.4 Å². The third-order valence-electron chi connectivity index (χ3n) is 3.96. The van der Waals surface area contributed by atoms with Crippen molar-refractivity contribution >= 4 is 17.3 Å². The minimum absolute atomic E-state index is 0.376. The number of hydrogen-bond acceptors (Lipinski definition) is 3. The maximum Gasteiger partial charge on any atom is 0.309 e. The van der Waals surface area contributed by atoms with Gasteiger partial charge in [-0.05, 0) is 23.1 Å². The number of para-hydroxylation sites is 2. The van der Waals surface area contributed by atoms with Crippen LogP contribution >= 0.6 is 0 Å². The lowest BCUT2D eigenvalue weighted by Gasteiger charge is -2.35. The number of nitrogens with one attached hydrogen (secondary N) is 1. The molecule has 0 bridgehead atoms. The monoisotopic (exact) mass is 312 g/mol. The molecule has 0 saturated heterocycles. The summed E-state index contributed by atoms with van der Waals surface area (Å²) in [5.41, 5.74) is 7.89. The van der Waals surface area contributed by atoms with E-state index in [4.69, 9.17) is 5.73 Å². The van der Waals surface area contributed by atoms with Crippen molar-refractivity contribution in [3.05, 3.63) is 60.2 Å². The van der Waals surface area contributed by atoms with Crippen LogP contribution in [0.4, 0.5) is 11.4 Å². The summed E-state index contributed by atoms with van der Waals surface area (Å²) in [5, 5.41) is 13.2. The molecule has 1 unspecified atom stereocenters. The second kappa shape index (κ2) is 6.73. The quantitative estimate of drug-likeness (QED) is 0.724. The zero-order chi connectivity index (χ0) is 17.0. The molecule has 4 nitrogen and oxygen atoms in total. The lowest BCUT2D eigenvalue weighted by molar-refractivity contribution is -0.146. The van der Waals surface area contributed by atoms with Crippen LogP contribution in [0.25, 0.3) is 0 Å². The molecule has 4 N–H and O–H groups in total. The van der Waals surface area contributed by atoms with Gasteiger partial charge in [0.25, 0.3) is 0 Å². The second-order valence-electron chi connectivity index (χ2n) is 6.80. The lowest BCUT2D eigenvalue weighted by atomic mass is 9.74. The van der Waals surface area contributed by atoms with Crippen LogP contribution < -0.4 is 11.1 Å². The van der Waals surface area contributed by atoms with E-state index in [0.29, 0.717) is 5.69 Å². The zero-order valence-electron chi connectivity index (χ0n) is 13.8. The topological polar surface area (TPSA) is 75.3 Å². The Morgan fingerprint density at radius 1 is 1.04 bits per heavy atom. The Morgan fingerprint density at radius 3 is 2.13 bits per heavy atom. The van der Waals surface area contributed by atoms with Crippen LogP contribution in [0, 0.1) is 11.3 Å². The summed E-state index contributed by atoms with van der Waals surface area (Å²) < 4.78 is 0. The molecular formula is C19H24N2O2. The Hall–Kier alpha value is -2.49. The highest BCUT2D eigenvalue weighted by Crippen LogP contribution is 2.39. The molecule has 122 valence electrons. The fraction of sp³-hybridized carbons (Fsp3) is 0.316. The molecule has 0 aromatic heterocycles. The number of carboxylic acids is 1. The predicted octanol–water partition coefficient (Wildman–Crippen LogP) is 4.17. The molecule has 0 aliphatic rings. The third kappa shape index (κ3) is 4.03. The van der Waals surface area contributed by atoms with Crippen molar-refractivity contribution in [3.8, 4) is 0 Å². The molecule has 2 aromatic carbocycles. The summed E-state index contributed by atoms with van der Waals surface area (Å²) in [7, 11) is 0. The molecule has 4 heteroatoms. The van der Waals surface area contributed by atoms with Gasteiger partial charge >= 0.3 is 5.97 Å². The molecule has 2 atom stereocenters. The Kier molecular flexibility index (Phi) is 4.94. The molecule has 2 aromatic rings. The molecule has 0 aliphatic carbocycles. The Morgan fingerprint density at radius 2 is 1.61 bits per heavy atom. The third-order valence-corrected chi connectivity index (χ3v) is 3.96. The average molecular weight is 312 g/mol. The fourth-order valence-corrected chi connectivity index (χ4v) is 2.83. The highest BCUT2D eigenvalue weighted by molar-refractivity contribution is 5.74. The van der Waals surface area contributed by atoms with Gasteiger partial charge in [-0.25, -0.2) is 0 Å². The van der Waals surface area contributed by atoms with Gasteiger partial charge in [0, 0.05) is 0 Å². The van der Waals surface area contributed by atoms with Crippen LogP contribution in [0.3, 0.4) is 0 Å². The number of carboxylic acid groups (broad SMARTS) is 1. The summed E-state index contributed by atoms with van der Waals surface area (Å²) in [4.78, 5) is 12.0. The second-order valence-corrected chi connectivity index (χ2v) is 6.80. The van der Waals surface area contributed by atoms with Gasteiger partial charge in [0.2, 0.25) is 0 Å². The molecule has 0 radical (unpaired) electrons. The molecule has 23 heavy (non-hydrogen) atoms. The zero-order valence-corrected chi connectivity index (χ0v) is 13.8. The van der Waals surface area contributed by atoms with Gasteiger partial charge in [0.05, 0.1) is 23.3 Å². The summed E-state index contributed by atoms with van der Waals surface area (Å²) in [6, 6.07) is 16.7. The van der Waals surface area contributed by atoms with Crippen molar-refractivity contribution in [2.45, 2.75) is 26.8 Å². The minimum atomic E-state index is -0.826. The molecule has 0 spiro atoms. The molecule has 0 aliphatic heterocycles. The summed E-state index contributed by atoms with van der Waals surface area (Å²) >= 11 is 0. The van der Waals surface area contributed by atoms with E-state index < -0.39 is 17.3 Å². The van der Waals surface area contributed by atoms with Crippen molar-refractivity contribution in [2.24, 2.45) is 11.3 Å². The summed E-state index contributed by atoms with van der Waals surface area (Å²) in [6.45, 7) is 5.83. The number of aliphatic carboxylic acids is 1. The first-order valence-corrected chi connectivity index (χ1v) is 7.69. The van der Waals surface area contributed by atoms with Crippen molar-refractivity contribution in [2.75, 3.05) is 11.1 Å². The largest absolute Gasteiger partial charge is 0.481 e. The highest BCUT2D eigenvalue weighted by atomic mass is 16.4. The van der Waals surface area contributed by atoms with Gasteiger partial charge in [-0.15, -0.1) is 0 Å². The van der Waals surface area contributed by atoms with Gasteiger partial charge in [0.1, 0.15) is 0 Å². The molecule has 0 fully saturated rings. The van der Waals surface area contributed by atoms with Crippen molar-refractivity contribution in [3.63, 3.8) is 0 Å². The van der Waals surface area contributed by atoms with Gasteiger partial charge in [0.15, 0.2) is 0 Å². The number of anilines is 2. The van der Waals surface area contributed by atoms with Crippen molar-refractivity contribution in [1.82, 2.24) is 0 Å². The normalized spacial score (nSPS) is 14.0. The number of hydrogen-bond donors (Lipinski definition) is 3. The maximum atomic E-state index is 12.0. The van der Waals surface area contributed by atoms with Crippen molar-refractivity contribution in [1.29, 1.82) is 0 Å². The molecular weight excluding hydrogens is 288 g/mol. The van der Waals surface area contributed by atoms with Gasteiger partial charge in [-0.1, -0.05) is 63.2 Å². The van der Waals surface area contributed by atoms with Crippen LogP contribution in [-0.4, -0.2) is 11.1 Å². The van der Waals surface area contributed by atoms with Crippen LogP contribution in [0.15, 0.2) is 54.6 Å². The smallest absolute Gasteiger partial charge is 0.309 e. The van der Waals surface area contributed by atoms with Crippen LogP contribution in [-0.2, 0) is 4.79 Å². The van der Waals surface area contributed by atoms with E-state index >= 15 is 0 Å². The van der Waals surface area contributed by atoms with E-state index in [1.807, 2.05) is 69.3 Å². The van der Waals surface area contributed by atoms with Gasteiger partial charge < -0.3 is 16.2 Å². The first kappa shape index (κ1) is 16.9. The lowest BCUT2D eigenvalue weighted by Crippen LogP contribution is -2.37. The van der Waals surface area contributed by atoms with E-state index in [1.165, 1.54) is 0 Å². The first-order chi connectivity index (χ1) is 10.8. The molecule has 0 saturated carbocycles. The summed E-state index contributed by atoms with van der Waals surface area (Å²) in [5.74, 6) is -1.43. The molecule has 2 rings (SSSR count). The maximum absolute atomic E-state index is 12.0. The van der Waals surface area contributed by atoms with Crippen LogP contribution in [0.2, 0.25) is 0 Å². The Balaban J connectivity index is 2.48.